The van der Waals surface area contributed by atoms with E-state index in [9.17, 15) is 19.5 Å². The first-order chi connectivity index (χ1) is 13.5. The van der Waals surface area contributed by atoms with Crippen LogP contribution in [0.3, 0.4) is 0 Å². The van der Waals surface area contributed by atoms with Gasteiger partial charge in [0.1, 0.15) is 17.9 Å². The van der Waals surface area contributed by atoms with Crippen molar-refractivity contribution in [2.75, 3.05) is 6.54 Å². The van der Waals surface area contributed by atoms with Gasteiger partial charge >= 0.3 is 5.97 Å². The predicted molar refractivity (Wildman–Crippen MR) is 102 cm³/mol. The number of nitrogens with zero attached hydrogens (tertiary/aromatic N) is 4. The number of carbonyl (C=O) groups is 2. The standard InChI is InChI=1S/C20H20N4O4/c1-2-3-9-22-11-14-18(20(22)28)23(12-17(25)26)16-10-15(21-24(16)19(14)27)13-7-5-4-6-8-13/h4-8,10H,2-3,9,11-12H2,1H3,(H,25,26). The van der Waals surface area contributed by atoms with E-state index in [-0.39, 0.29) is 23.7 Å². The highest BCUT2D eigenvalue weighted by molar-refractivity contribution is 5.97. The number of hydrogen-bond acceptors (Lipinski definition) is 4. The summed E-state index contributed by atoms with van der Waals surface area (Å²) < 4.78 is 2.60. The second-order valence-corrected chi connectivity index (χ2v) is 6.86. The summed E-state index contributed by atoms with van der Waals surface area (Å²) >= 11 is 0. The number of unbranched alkanes of at least 4 members (excludes halogenated alkanes) is 1. The lowest BCUT2D eigenvalue weighted by Crippen LogP contribution is -2.28. The van der Waals surface area contributed by atoms with Crippen LogP contribution in [0.1, 0.15) is 35.8 Å². The molecule has 3 heterocycles. The average Bonchev–Trinajstić information content (AvgIpc) is 3.27. The summed E-state index contributed by atoms with van der Waals surface area (Å²) in [4.78, 5) is 39.0. The van der Waals surface area contributed by atoms with Crippen LogP contribution < -0.4 is 5.56 Å². The van der Waals surface area contributed by atoms with E-state index in [1.807, 2.05) is 37.3 Å². The van der Waals surface area contributed by atoms with Crippen LogP contribution in [0.4, 0.5) is 0 Å². The summed E-state index contributed by atoms with van der Waals surface area (Å²) in [7, 11) is 0. The summed E-state index contributed by atoms with van der Waals surface area (Å²) in [6.45, 7) is 2.33. The van der Waals surface area contributed by atoms with Crippen molar-refractivity contribution < 1.29 is 14.7 Å². The molecule has 4 rings (SSSR count). The molecule has 144 valence electrons. The van der Waals surface area contributed by atoms with Gasteiger partial charge in [-0.05, 0) is 6.42 Å². The van der Waals surface area contributed by atoms with Gasteiger partial charge in [0.25, 0.3) is 11.5 Å². The number of aromatic nitrogens is 3. The Kier molecular flexibility index (Phi) is 4.46. The van der Waals surface area contributed by atoms with Gasteiger partial charge in [0, 0.05) is 18.2 Å². The van der Waals surface area contributed by atoms with Crippen LogP contribution in [0.25, 0.3) is 16.9 Å². The lowest BCUT2D eigenvalue weighted by Gasteiger charge is -2.15. The first-order valence-electron chi connectivity index (χ1n) is 9.23. The maximum Gasteiger partial charge on any atom is 0.323 e. The molecular formula is C20H20N4O4. The predicted octanol–water partition coefficient (Wildman–Crippen LogP) is 2.00. The lowest BCUT2D eigenvalue weighted by atomic mass is 10.1. The monoisotopic (exact) mass is 380 g/mol. The molecule has 1 aliphatic heterocycles. The molecule has 1 amide bonds. The van der Waals surface area contributed by atoms with E-state index >= 15 is 0 Å². The third kappa shape index (κ3) is 2.87. The zero-order valence-electron chi connectivity index (χ0n) is 15.5. The Morgan fingerprint density at radius 2 is 1.96 bits per heavy atom. The Morgan fingerprint density at radius 3 is 2.64 bits per heavy atom. The fourth-order valence-corrected chi connectivity index (χ4v) is 3.59. The van der Waals surface area contributed by atoms with Gasteiger partial charge in [-0.2, -0.15) is 9.61 Å². The van der Waals surface area contributed by atoms with Crippen molar-refractivity contribution >= 4 is 17.5 Å². The molecule has 1 aromatic carbocycles. The Labute approximate surface area is 160 Å². The molecule has 8 heteroatoms. The zero-order chi connectivity index (χ0) is 19.8. The Hall–Kier alpha value is -3.42. The largest absolute Gasteiger partial charge is 0.480 e. The van der Waals surface area contributed by atoms with E-state index in [0.717, 1.165) is 18.4 Å². The number of hydrogen-bond donors (Lipinski definition) is 1. The number of carboxylic acid groups (broad SMARTS) is 1. The molecule has 0 saturated carbocycles. The Balaban J connectivity index is 1.93. The van der Waals surface area contributed by atoms with Crippen molar-refractivity contribution in [3.05, 3.63) is 58.0 Å². The number of carbonyl (C=O) groups excluding carboxylic acids is 1. The lowest BCUT2D eigenvalue weighted by molar-refractivity contribution is -0.137. The molecule has 0 radical (unpaired) electrons. The molecule has 0 spiro atoms. The first-order valence-corrected chi connectivity index (χ1v) is 9.23. The van der Waals surface area contributed by atoms with Gasteiger partial charge in [0.05, 0.1) is 17.8 Å². The fraction of sp³-hybridized carbons (Fsp3) is 0.300. The van der Waals surface area contributed by atoms with Crippen molar-refractivity contribution in [3.63, 3.8) is 0 Å². The van der Waals surface area contributed by atoms with E-state index in [1.54, 1.807) is 11.0 Å². The average molecular weight is 380 g/mol. The highest BCUT2D eigenvalue weighted by atomic mass is 16.4. The van der Waals surface area contributed by atoms with Crippen LogP contribution in [0.5, 0.6) is 0 Å². The second kappa shape index (κ2) is 6.95. The van der Waals surface area contributed by atoms with Crippen molar-refractivity contribution in [1.82, 2.24) is 19.1 Å². The maximum atomic E-state index is 13.0. The zero-order valence-corrected chi connectivity index (χ0v) is 15.5. The summed E-state index contributed by atoms with van der Waals surface area (Å²) in [5.41, 5.74) is 1.75. The van der Waals surface area contributed by atoms with E-state index in [0.29, 0.717) is 23.4 Å². The molecule has 0 unspecified atom stereocenters. The third-order valence-corrected chi connectivity index (χ3v) is 4.96. The van der Waals surface area contributed by atoms with Crippen molar-refractivity contribution in [1.29, 1.82) is 0 Å². The van der Waals surface area contributed by atoms with Crippen LogP contribution in [0, 0.1) is 0 Å². The van der Waals surface area contributed by atoms with Gasteiger partial charge in [-0.3, -0.25) is 14.4 Å². The molecular weight excluding hydrogens is 360 g/mol. The van der Waals surface area contributed by atoms with Gasteiger partial charge in [0.15, 0.2) is 0 Å². The van der Waals surface area contributed by atoms with Crippen LogP contribution in [-0.4, -0.2) is 42.6 Å². The normalized spacial score (nSPS) is 13.3. The minimum Gasteiger partial charge on any atom is -0.480 e. The number of amides is 1. The minimum absolute atomic E-state index is 0.163. The summed E-state index contributed by atoms with van der Waals surface area (Å²) in [5, 5.41) is 13.8. The number of aliphatic carboxylic acids is 1. The molecule has 0 saturated heterocycles. The minimum atomic E-state index is -1.09. The molecule has 1 aliphatic rings. The van der Waals surface area contributed by atoms with Gasteiger partial charge in [0.2, 0.25) is 0 Å². The van der Waals surface area contributed by atoms with E-state index in [2.05, 4.69) is 5.10 Å². The third-order valence-electron chi connectivity index (χ3n) is 4.96. The molecule has 2 aromatic heterocycles. The summed E-state index contributed by atoms with van der Waals surface area (Å²) in [5.74, 6) is -1.39. The van der Waals surface area contributed by atoms with E-state index in [4.69, 9.17) is 0 Å². The first kappa shape index (κ1) is 18.0. The van der Waals surface area contributed by atoms with Gasteiger partial charge in [-0.25, -0.2) is 0 Å². The second-order valence-electron chi connectivity index (χ2n) is 6.86. The van der Waals surface area contributed by atoms with Gasteiger partial charge in [-0.1, -0.05) is 43.7 Å². The van der Waals surface area contributed by atoms with Crippen LogP contribution >= 0.6 is 0 Å². The molecule has 0 bridgehead atoms. The molecule has 8 nitrogen and oxygen atoms in total. The maximum absolute atomic E-state index is 13.0. The number of carboxylic acids is 1. The van der Waals surface area contributed by atoms with Crippen LogP contribution in [-0.2, 0) is 17.9 Å². The molecule has 0 aliphatic carbocycles. The van der Waals surface area contributed by atoms with E-state index < -0.39 is 12.5 Å². The molecule has 28 heavy (non-hydrogen) atoms. The number of fused-ring (bicyclic) bond motifs is 2. The van der Waals surface area contributed by atoms with Crippen molar-refractivity contribution in [2.45, 2.75) is 32.9 Å². The van der Waals surface area contributed by atoms with Crippen molar-refractivity contribution in [2.24, 2.45) is 0 Å². The van der Waals surface area contributed by atoms with Gasteiger partial charge in [-0.15, -0.1) is 0 Å². The smallest absolute Gasteiger partial charge is 0.323 e. The van der Waals surface area contributed by atoms with E-state index in [1.165, 1.54) is 9.08 Å². The summed E-state index contributed by atoms with van der Waals surface area (Å²) in [6, 6.07) is 11.0. The number of rotatable bonds is 6. The van der Waals surface area contributed by atoms with Crippen LogP contribution in [0.2, 0.25) is 0 Å². The fourth-order valence-electron chi connectivity index (χ4n) is 3.59. The summed E-state index contributed by atoms with van der Waals surface area (Å²) in [6.07, 6.45) is 1.74. The quantitative estimate of drug-likeness (QED) is 0.706. The highest BCUT2D eigenvalue weighted by Crippen LogP contribution is 2.25. The SMILES string of the molecule is CCCCN1Cc2c(n(CC(=O)O)c3cc(-c4ccccc4)nn3c2=O)C1=O. The molecule has 3 aromatic rings. The Bertz CT molecular complexity index is 1130. The number of benzene rings is 1. The van der Waals surface area contributed by atoms with Crippen LogP contribution in [0.15, 0.2) is 41.2 Å². The topological polar surface area (TPSA) is 96.9 Å². The molecule has 0 fully saturated rings. The molecule has 0 atom stereocenters. The Morgan fingerprint density at radius 1 is 1.21 bits per heavy atom. The van der Waals surface area contributed by atoms with Gasteiger partial charge < -0.3 is 14.6 Å². The van der Waals surface area contributed by atoms with Crippen molar-refractivity contribution in [3.8, 4) is 11.3 Å². The highest BCUT2D eigenvalue weighted by Gasteiger charge is 2.34. The molecule has 1 N–H and O–H groups in total.